The first kappa shape index (κ1) is 38.8. The van der Waals surface area contributed by atoms with Gasteiger partial charge in [0.25, 0.3) is 0 Å². The lowest BCUT2D eigenvalue weighted by Crippen LogP contribution is -2.35. The molecule has 0 bridgehead atoms. The van der Waals surface area contributed by atoms with Crippen molar-refractivity contribution in [1.29, 1.82) is 5.26 Å². The number of hydrogen-bond donors (Lipinski definition) is 0. The van der Waals surface area contributed by atoms with E-state index in [4.69, 9.17) is 0 Å². The van der Waals surface area contributed by atoms with E-state index < -0.39 is 9.84 Å². The lowest BCUT2D eigenvalue weighted by molar-refractivity contribution is 0.596. The van der Waals surface area contributed by atoms with Crippen molar-refractivity contribution in [1.82, 2.24) is 0 Å². The molecule has 0 amide bonds. The molecule has 8 nitrogen and oxygen atoms in total. The van der Waals surface area contributed by atoms with Crippen molar-refractivity contribution < 1.29 is 8.42 Å². The second-order valence-corrected chi connectivity index (χ2v) is 19.7. The van der Waals surface area contributed by atoms with Crippen LogP contribution in [0.3, 0.4) is 0 Å². The van der Waals surface area contributed by atoms with Gasteiger partial charge in [-0.3, -0.25) is 4.90 Å². The van der Waals surface area contributed by atoms with Crippen molar-refractivity contribution in [2.24, 2.45) is 0 Å². The third kappa shape index (κ3) is 5.42. The van der Waals surface area contributed by atoms with Crippen LogP contribution in [0.1, 0.15) is 30.5 Å². The van der Waals surface area contributed by atoms with Gasteiger partial charge in [-0.15, -0.1) is 0 Å². The van der Waals surface area contributed by atoms with Gasteiger partial charge in [-0.1, -0.05) is 105 Å². The maximum absolute atomic E-state index is 15.2. The maximum atomic E-state index is 15.2. The average Bonchev–Trinajstić information content (AvgIpc) is 3.37. The van der Waals surface area contributed by atoms with Crippen LogP contribution in [0.2, 0.25) is 0 Å². The van der Waals surface area contributed by atoms with Crippen molar-refractivity contribution in [2.45, 2.75) is 29.1 Å². The van der Waals surface area contributed by atoms with E-state index in [0.717, 1.165) is 90.8 Å². The highest BCUT2D eigenvalue weighted by Gasteiger charge is 2.46. The Morgan fingerprint density at radius 3 is 1.24 bits per heavy atom. The Hall–Kier alpha value is -8.58. The van der Waals surface area contributed by atoms with Crippen LogP contribution in [0, 0.1) is 11.3 Å². The van der Waals surface area contributed by atoms with Gasteiger partial charge in [0.1, 0.15) is 0 Å². The third-order valence-electron chi connectivity index (χ3n) is 13.8. The van der Waals surface area contributed by atoms with Crippen molar-refractivity contribution in [3.05, 3.63) is 223 Å². The molecule has 67 heavy (non-hydrogen) atoms. The van der Waals surface area contributed by atoms with E-state index in [9.17, 15) is 5.26 Å². The van der Waals surface area contributed by atoms with E-state index in [1.807, 2.05) is 36.4 Å². The quantitative estimate of drug-likeness (QED) is 0.163. The molecule has 9 aromatic carbocycles. The van der Waals surface area contributed by atoms with E-state index in [-0.39, 0.29) is 15.2 Å². The summed E-state index contributed by atoms with van der Waals surface area (Å²) in [5, 5.41) is 9.63. The summed E-state index contributed by atoms with van der Waals surface area (Å²) in [7, 11) is -4.16. The molecule has 0 unspecified atom stereocenters. The number of anilines is 15. The fraction of sp³-hybridized carbons (Fsp3) is 0.0517. The first-order chi connectivity index (χ1) is 32.8. The number of para-hydroxylation sites is 7. The van der Waals surface area contributed by atoms with Gasteiger partial charge in [-0.05, 0) is 126 Å². The van der Waals surface area contributed by atoms with Crippen molar-refractivity contribution in [2.75, 3.05) is 24.5 Å². The first-order valence-electron chi connectivity index (χ1n) is 22.3. The lowest BCUT2D eigenvalue weighted by Gasteiger charge is -2.51. The third-order valence-corrected chi connectivity index (χ3v) is 15.6. The van der Waals surface area contributed by atoms with Gasteiger partial charge in [-0.25, -0.2) is 8.42 Å². The van der Waals surface area contributed by atoms with E-state index >= 15 is 8.42 Å². The zero-order chi connectivity index (χ0) is 45.2. The Morgan fingerprint density at radius 1 is 0.388 bits per heavy atom. The SMILES string of the molecule is CC1(C)c2ccccc2N(c2cc(N3c4cccc5c4N4c6c(cccc6N(c6ccccc6)c6cccc3c64)N5c3ccccc3)ccc2S(=O)(=O)c2ccc(C#N)cc2)c2ccccc21. The summed E-state index contributed by atoms with van der Waals surface area (Å²) in [6, 6.07) is 71.2. The summed E-state index contributed by atoms with van der Waals surface area (Å²) >= 11 is 0. The van der Waals surface area contributed by atoms with E-state index in [1.165, 1.54) is 12.1 Å². The number of fused-ring (bicyclic) bond motifs is 2. The number of rotatable bonds is 6. The molecule has 9 heteroatoms. The molecule has 0 fully saturated rings. The Bertz CT molecular complexity index is 3510. The van der Waals surface area contributed by atoms with Crippen LogP contribution in [0.5, 0.6) is 0 Å². The molecule has 4 aliphatic heterocycles. The first-order valence-corrected chi connectivity index (χ1v) is 23.8. The maximum Gasteiger partial charge on any atom is 0.208 e. The van der Waals surface area contributed by atoms with Crippen LogP contribution in [-0.4, -0.2) is 8.42 Å². The summed E-state index contributed by atoms with van der Waals surface area (Å²) in [6.07, 6.45) is 0. The molecule has 4 heterocycles. The Kier molecular flexibility index (Phi) is 8.24. The van der Waals surface area contributed by atoms with Crippen LogP contribution < -0.4 is 24.5 Å². The topological polar surface area (TPSA) is 74.1 Å². The van der Waals surface area contributed by atoms with E-state index in [2.05, 4.69) is 184 Å². The molecule has 13 rings (SSSR count). The van der Waals surface area contributed by atoms with Gasteiger partial charge < -0.3 is 19.6 Å². The minimum Gasteiger partial charge on any atom is -0.308 e. The standard InChI is InChI=1S/C58H40N6O2S/c1-58(2)43-20-9-11-22-45(43)63(46-23-12-10-21-44(46)58)53-36-41(32-35-54(53)67(65,66)42-33-30-38(37-59)31-34-42)62-51-28-14-26-49-56(51)64-55-47(60(49)39-16-5-3-6-17-39)24-13-25-48(55)61(40-18-7-4-8-19-40)50-27-15-29-52(62)57(50)64/h3-36H,1-2H3. The van der Waals surface area contributed by atoms with Gasteiger partial charge in [0, 0.05) is 22.5 Å². The number of sulfone groups is 1. The summed E-state index contributed by atoms with van der Waals surface area (Å²) in [5.41, 5.74) is 16.5. The molecule has 0 saturated carbocycles. The highest BCUT2D eigenvalue weighted by molar-refractivity contribution is 7.91. The van der Waals surface area contributed by atoms with Gasteiger partial charge in [0.15, 0.2) is 0 Å². The number of hydrogen-bond acceptors (Lipinski definition) is 8. The summed E-state index contributed by atoms with van der Waals surface area (Å²) in [6.45, 7) is 4.45. The molecule has 0 saturated heterocycles. The van der Waals surface area contributed by atoms with Crippen LogP contribution in [-0.2, 0) is 15.3 Å². The normalized spacial score (nSPS) is 14.5. The summed E-state index contributed by atoms with van der Waals surface area (Å²) in [5.74, 6) is 0. The lowest BCUT2D eigenvalue weighted by atomic mass is 9.73. The van der Waals surface area contributed by atoms with Crippen LogP contribution in [0.25, 0.3) is 0 Å². The molecular weight excluding hydrogens is 845 g/mol. The summed E-state index contributed by atoms with van der Waals surface area (Å²) in [4.78, 5) is 11.8. The van der Waals surface area contributed by atoms with Crippen LogP contribution >= 0.6 is 0 Å². The van der Waals surface area contributed by atoms with Gasteiger partial charge in [0.05, 0.1) is 89.7 Å². The van der Waals surface area contributed by atoms with Crippen molar-refractivity contribution >= 4 is 95.1 Å². The highest BCUT2D eigenvalue weighted by Crippen LogP contribution is 2.70. The van der Waals surface area contributed by atoms with Gasteiger partial charge in [0.2, 0.25) is 9.84 Å². The number of nitrogens with zero attached hydrogens (tertiary/aromatic N) is 6. The molecular formula is C58H40N6O2S. The minimum atomic E-state index is -4.16. The second-order valence-electron chi connectivity index (χ2n) is 17.7. The molecule has 0 N–H and O–H groups in total. The predicted octanol–water partition coefficient (Wildman–Crippen LogP) is 15.3. The highest BCUT2D eigenvalue weighted by atomic mass is 32.2. The molecule has 9 aromatic rings. The van der Waals surface area contributed by atoms with Crippen molar-refractivity contribution in [3.8, 4) is 6.07 Å². The largest absolute Gasteiger partial charge is 0.308 e. The van der Waals surface area contributed by atoms with E-state index in [0.29, 0.717) is 11.3 Å². The number of benzene rings is 9. The fourth-order valence-corrected chi connectivity index (χ4v) is 12.3. The van der Waals surface area contributed by atoms with Gasteiger partial charge >= 0.3 is 0 Å². The van der Waals surface area contributed by atoms with Crippen LogP contribution in [0.15, 0.2) is 216 Å². The molecule has 0 radical (unpaired) electrons. The van der Waals surface area contributed by atoms with Crippen LogP contribution in [0.4, 0.5) is 85.3 Å². The Labute approximate surface area is 389 Å². The zero-order valence-corrected chi connectivity index (χ0v) is 37.4. The monoisotopic (exact) mass is 884 g/mol. The molecule has 0 atom stereocenters. The Balaban J connectivity index is 1.11. The van der Waals surface area contributed by atoms with E-state index in [1.54, 1.807) is 18.2 Å². The van der Waals surface area contributed by atoms with Crippen molar-refractivity contribution in [3.63, 3.8) is 0 Å². The fourth-order valence-electron chi connectivity index (χ4n) is 10.9. The zero-order valence-electron chi connectivity index (χ0n) is 36.5. The Morgan fingerprint density at radius 2 is 0.791 bits per heavy atom. The predicted molar refractivity (Wildman–Crippen MR) is 269 cm³/mol. The van der Waals surface area contributed by atoms with Gasteiger partial charge in [-0.2, -0.15) is 5.26 Å². The molecule has 0 aliphatic carbocycles. The minimum absolute atomic E-state index is 0.110. The number of nitriles is 1. The molecule has 0 aromatic heterocycles. The second kappa shape index (κ2) is 14.2. The smallest absolute Gasteiger partial charge is 0.208 e. The molecule has 320 valence electrons. The average molecular weight is 885 g/mol. The summed E-state index contributed by atoms with van der Waals surface area (Å²) < 4.78 is 30.5. The molecule has 0 spiro atoms. The molecule has 4 aliphatic rings.